The summed E-state index contributed by atoms with van der Waals surface area (Å²) in [6, 6.07) is -0.279. The predicted molar refractivity (Wildman–Crippen MR) is 92.2 cm³/mol. The van der Waals surface area contributed by atoms with Crippen molar-refractivity contribution in [1.82, 2.24) is 19.9 Å². The van der Waals surface area contributed by atoms with Gasteiger partial charge in [0.15, 0.2) is 0 Å². The van der Waals surface area contributed by atoms with Gasteiger partial charge in [-0.05, 0) is 25.7 Å². The fourth-order valence-corrected chi connectivity index (χ4v) is 3.80. The lowest BCUT2D eigenvalue weighted by atomic mass is 9.90. The van der Waals surface area contributed by atoms with Crippen molar-refractivity contribution in [1.29, 1.82) is 0 Å². The van der Waals surface area contributed by atoms with Crippen LogP contribution in [-0.4, -0.2) is 45.2 Å². The summed E-state index contributed by atoms with van der Waals surface area (Å²) >= 11 is 1.35. The fourth-order valence-electron chi connectivity index (χ4n) is 3.28. The second kappa shape index (κ2) is 7.75. The van der Waals surface area contributed by atoms with Gasteiger partial charge >= 0.3 is 6.18 Å². The van der Waals surface area contributed by atoms with Crippen molar-refractivity contribution in [2.45, 2.75) is 43.9 Å². The molecule has 2 heterocycles. The van der Waals surface area contributed by atoms with Crippen LogP contribution in [0.25, 0.3) is 0 Å². The first-order chi connectivity index (χ1) is 12.3. The van der Waals surface area contributed by atoms with Crippen LogP contribution in [0.1, 0.15) is 36.2 Å². The van der Waals surface area contributed by atoms with E-state index in [0.29, 0.717) is 37.2 Å². The quantitative estimate of drug-likeness (QED) is 0.857. The van der Waals surface area contributed by atoms with E-state index in [2.05, 4.69) is 15.3 Å². The number of hydrogen-bond acceptors (Lipinski definition) is 5. The van der Waals surface area contributed by atoms with Crippen molar-refractivity contribution in [2.75, 3.05) is 11.4 Å². The summed E-state index contributed by atoms with van der Waals surface area (Å²) in [5.41, 5.74) is 1.97. The highest BCUT2D eigenvalue weighted by Gasteiger charge is 2.34. The van der Waals surface area contributed by atoms with Crippen molar-refractivity contribution in [3.63, 3.8) is 0 Å². The molecule has 2 aromatic rings. The number of amides is 1. The number of nitrogens with one attached hydrogen (secondary N) is 1. The molecule has 1 fully saturated rings. The number of aromatic nitrogens is 3. The van der Waals surface area contributed by atoms with E-state index in [1.807, 2.05) is 0 Å². The summed E-state index contributed by atoms with van der Waals surface area (Å²) in [5, 5.41) is 4.26. The molecule has 10 heteroatoms. The normalized spacial score (nSPS) is 20.9. The van der Waals surface area contributed by atoms with Gasteiger partial charge in [0.2, 0.25) is 0 Å². The molecule has 0 saturated heterocycles. The first kappa shape index (κ1) is 18.8. The molecule has 1 saturated carbocycles. The zero-order valence-electron chi connectivity index (χ0n) is 14.2. The maximum absolute atomic E-state index is 13.0. The van der Waals surface area contributed by atoms with Crippen LogP contribution in [0.5, 0.6) is 0 Å². The van der Waals surface area contributed by atoms with Crippen molar-refractivity contribution < 1.29 is 18.0 Å². The molecule has 0 radical (unpaired) electrons. The summed E-state index contributed by atoms with van der Waals surface area (Å²) in [6.07, 6.45) is 1.44. The van der Waals surface area contributed by atoms with E-state index < -0.39 is 12.7 Å². The number of thiazole rings is 1. The minimum absolute atomic E-state index is 0.0939. The third-order valence-corrected chi connectivity index (χ3v) is 5.15. The molecular formula is C16H20F3N5OS. The zero-order chi connectivity index (χ0) is 18.7. The Kier molecular flexibility index (Phi) is 5.61. The Hall–Kier alpha value is -1.94. The Morgan fingerprint density at radius 2 is 2.12 bits per heavy atom. The predicted octanol–water partition coefficient (Wildman–Crippen LogP) is 2.99. The summed E-state index contributed by atoms with van der Waals surface area (Å²) in [7, 11) is 1.81. The molecule has 0 bridgehead atoms. The van der Waals surface area contributed by atoms with Crippen LogP contribution in [0.3, 0.4) is 0 Å². The summed E-state index contributed by atoms with van der Waals surface area (Å²) in [4.78, 5) is 22.8. The third-order valence-electron chi connectivity index (χ3n) is 4.56. The highest BCUT2D eigenvalue weighted by Crippen LogP contribution is 2.29. The van der Waals surface area contributed by atoms with Crippen molar-refractivity contribution in [2.24, 2.45) is 7.05 Å². The van der Waals surface area contributed by atoms with E-state index in [9.17, 15) is 18.0 Å². The molecule has 6 nitrogen and oxygen atoms in total. The maximum atomic E-state index is 13.0. The van der Waals surface area contributed by atoms with Gasteiger partial charge in [-0.1, -0.05) is 0 Å². The number of hydrogen-bond donors (Lipinski definition) is 1. The second-order valence-corrected chi connectivity index (χ2v) is 7.13. The highest BCUT2D eigenvalue weighted by atomic mass is 32.1. The first-order valence-electron chi connectivity index (χ1n) is 8.33. The zero-order valence-corrected chi connectivity index (χ0v) is 15.1. The molecule has 2 aromatic heterocycles. The van der Waals surface area contributed by atoms with Crippen molar-refractivity contribution in [3.8, 4) is 0 Å². The van der Waals surface area contributed by atoms with Gasteiger partial charge in [-0.3, -0.25) is 9.69 Å². The highest BCUT2D eigenvalue weighted by molar-refractivity contribution is 7.07. The molecule has 0 aromatic carbocycles. The van der Waals surface area contributed by atoms with Gasteiger partial charge in [-0.25, -0.2) is 9.97 Å². The minimum atomic E-state index is -4.21. The summed E-state index contributed by atoms with van der Waals surface area (Å²) < 4.78 is 38.9. The minimum Gasteiger partial charge on any atom is -0.320 e. The van der Waals surface area contributed by atoms with E-state index >= 15 is 0 Å². The maximum Gasteiger partial charge on any atom is 0.401 e. The number of alkyl halides is 3. The summed E-state index contributed by atoms with van der Waals surface area (Å²) in [5.74, 6) is 0.455. The summed E-state index contributed by atoms with van der Waals surface area (Å²) in [6.45, 7) is -0.981. The SMILES string of the molecule is Cn1cncc1N(C(=O)c1cscn1)C1CCC(NCC(F)(F)F)CC1. The number of nitrogens with zero attached hydrogens (tertiary/aromatic N) is 4. The first-order valence-corrected chi connectivity index (χ1v) is 9.27. The monoisotopic (exact) mass is 387 g/mol. The Bertz CT molecular complexity index is 723. The van der Waals surface area contributed by atoms with Gasteiger partial charge in [-0.15, -0.1) is 11.3 Å². The Morgan fingerprint density at radius 3 is 2.65 bits per heavy atom. The lowest BCUT2D eigenvalue weighted by Gasteiger charge is -2.36. The van der Waals surface area contributed by atoms with Crippen molar-refractivity contribution in [3.05, 3.63) is 29.1 Å². The molecule has 26 heavy (non-hydrogen) atoms. The van der Waals surface area contributed by atoms with Gasteiger partial charge in [0.1, 0.15) is 11.5 Å². The Balaban J connectivity index is 1.71. The van der Waals surface area contributed by atoms with Crippen molar-refractivity contribution >= 4 is 23.1 Å². The molecular weight excluding hydrogens is 367 g/mol. The van der Waals surface area contributed by atoms with Crippen LogP contribution >= 0.6 is 11.3 Å². The van der Waals surface area contributed by atoms with Gasteiger partial charge in [0, 0.05) is 24.5 Å². The van der Waals surface area contributed by atoms with Crippen LogP contribution in [0, 0.1) is 0 Å². The molecule has 1 N–H and O–H groups in total. The molecule has 1 aliphatic rings. The smallest absolute Gasteiger partial charge is 0.320 e. The molecule has 3 rings (SSSR count). The molecule has 0 spiro atoms. The van der Waals surface area contributed by atoms with Gasteiger partial charge < -0.3 is 9.88 Å². The molecule has 0 atom stereocenters. The van der Waals surface area contributed by atoms with Crippen LogP contribution < -0.4 is 10.2 Å². The van der Waals surface area contributed by atoms with E-state index in [1.54, 1.807) is 39.9 Å². The number of aryl methyl sites for hydroxylation is 1. The third kappa shape index (κ3) is 4.42. The molecule has 1 amide bonds. The van der Waals surface area contributed by atoms with Crippen LogP contribution in [-0.2, 0) is 7.05 Å². The number of rotatable bonds is 5. The molecule has 0 unspecified atom stereocenters. The van der Waals surface area contributed by atoms with Crippen LogP contribution in [0.2, 0.25) is 0 Å². The van der Waals surface area contributed by atoms with E-state index in [-0.39, 0.29) is 18.0 Å². The second-order valence-electron chi connectivity index (χ2n) is 6.41. The number of halogens is 3. The lowest BCUT2D eigenvalue weighted by molar-refractivity contribution is -0.126. The van der Waals surface area contributed by atoms with Gasteiger partial charge in [0.05, 0.1) is 24.6 Å². The van der Waals surface area contributed by atoms with E-state index in [4.69, 9.17) is 0 Å². The lowest BCUT2D eigenvalue weighted by Crippen LogP contribution is -2.47. The van der Waals surface area contributed by atoms with Crippen LogP contribution in [0.4, 0.5) is 19.0 Å². The van der Waals surface area contributed by atoms with E-state index in [1.165, 1.54) is 11.3 Å². The van der Waals surface area contributed by atoms with E-state index in [0.717, 1.165) is 0 Å². The average molecular weight is 387 g/mol. The van der Waals surface area contributed by atoms with Gasteiger partial charge in [0.25, 0.3) is 5.91 Å². The average Bonchev–Trinajstić information content (AvgIpc) is 3.26. The Morgan fingerprint density at radius 1 is 1.38 bits per heavy atom. The topological polar surface area (TPSA) is 63.1 Å². The molecule has 1 aliphatic carbocycles. The van der Waals surface area contributed by atoms with Gasteiger partial charge in [-0.2, -0.15) is 13.2 Å². The number of carbonyl (C=O) groups is 1. The molecule has 0 aliphatic heterocycles. The molecule has 142 valence electrons. The number of anilines is 1. The number of imidazole rings is 1. The Labute approximate surface area is 153 Å². The fraction of sp³-hybridized carbons (Fsp3) is 0.562. The van der Waals surface area contributed by atoms with Crippen LogP contribution in [0.15, 0.2) is 23.4 Å². The standard InChI is InChI=1S/C16H20F3N5OS/c1-23-9-20-6-14(23)24(15(25)13-7-26-10-22-13)12-4-2-11(3-5-12)21-8-16(17,18)19/h6-7,9-12,21H,2-5,8H2,1H3. The number of carbonyl (C=O) groups excluding carboxylic acids is 1. The largest absolute Gasteiger partial charge is 0.401 e.